The molecule has 3 nitrogen and oxygen atoms in total. The molecule has 0 aliphatic rings. The first-order valence-corrected chi connectivity index (χ1v) is 8.01. The zero-order valence-corrected chi connectivity index (χ0v) is 12.0. The summed E-state index contributed by atoms with van der Waals surface area (Å²) >= 11 is 5.35. The molecule has 1 rings (SSSR count). The van der Waals surface area contributed by atoms with Crippen LogP contribution in [0, 0.1) is 0 Å². The molecule has 0 radical (unpaired) electrons. The van der Waals surface area contributed by atoms with Crippen molar-refractivity contribution in [3.05, 3.63) is 29.3 Å². The zero-order chi connectivity index (χ0) is 11.8. The Morgan fingerprint density at radius 2 is 2.06 bits per heavy atom. The third kappa shape index (κ3) is 5.67. The number of amides is 1. The quantitative estimate of drug-likeness (QED) is 0.240. The molecule has 5 heteroatoms. The van der Waals surface area contributed by atoms with Gasteiger partial charge in [-0.2, -0.15) is 0 Å². The fourth-order valence-corrected chi connectivity index (χ4v) is 2.96. The number of anilines is 1. The van der Waals surface area contributed by atoms with Crippen molar-refractivity contribution in [1.82, 2.24) is 5.32 Å². The summed E-state index contributed by atoms with van der Waals surface area (Å²) in [4.78, 5) is 11.5. The van der Waals surface area contributed by atoms with Crippen LogP contribution in [0.5, 0.6) is 0 Å². The number of hydrogen-bond donors (Lipinski definition) is 2. The molecule has 1 aromatic rings. The van der Waals surface area contributed by atoms with Crippen molar-refractivity contribution >= 4 is 21.2 Å². The first kappa shape index (κ1) is 13.7. The molecule has 0 aliphatic carbocycles. The van der Waals surface area contributed by atoms with Gasteiger partial charge in [-0.05, 0) is 0 Å². The van der Waals surface area contributed by atoms with E-state index >= 15 is 0 Å². The summed E-state index contributed by atoms with van der Waals surface area (Å²) in [5.41, 5.74) is 0.822. The van der Waals surface area contributed by atoms with E-state index in [-0.39, 0.29) is 3.91 Å². The van der Waals surface area contributed by atoms with Crippen molar-refractivity contribution in [3.63, 3.8) is 0 Å². The molecule has 0 saturated carbocycles. The third-order valence-corrected chi connectivity index (χ3v) is 4.38. The summed E-state index contributed by atoms with van der Waals surface area (Å²) in [7, 11) is 1.92. The van der Waals surface area contributed by atoms with Gasteiger partial charge in [0.15, 0.2) is 0 Å². The number of carbonyl (C=O) groups is 1. The van der Waals surface area contributed by atoms with Gasteiger partial charge in [0.25, 0.3) is 0 Å². The van der Waals surface area contributed by atoms with Gasteiger partial charge in [0.2, 0.25) is 0 Å². The molecule has 0 atom stereocenters. The van der Waals surface area contributed by atoms with Gasteiger partial charge >= 0.3 is 112 Å². The number of carbonyl (C=O) groups excluding carboxylic acids is 1. The molecule has 0 heterocycles. The Morgan fingerprint density at radius 1 is 1.38 bits per heavy atom. The molecule has 0 fully saturated rings. The standard InChI is InChI=1S/C11H15ClIN2O/c1-14-8-2-7-13-11(16)15-10-5-3-9(12)4-6-10/h3-6,14H,2,7-8H2,1H3,(H,15,16)/q-1. The van der Waals surface area contributed by atoms with Gasteiger partial charge < -0.3 is 0 Å². The normalized spacial score (nSPS) is 10.4. The minimum atomic E-state index is -0.407. The van der Waals surface area contributed by atoms with Gasteiger partial charge in [0.05, 0.1) is 0 Å². The molecular weight excluding hydrogens is 338 g/mol. The number of halogens is 2. The Morgan fingerprint density at radius 3 is 2.69 bits per heavy atom. The van der Waals surface area contributed by atoms with Crippen molar-refractivity contribution in [2.75, 3.05) is 23.3 Å². The van der Waals surface area contributed by atoms with Crippen molar-refractivity contribution in [3.8, 4) is 0 Å². The Hall–Kier alpha value is -0.330. The number of nitrogens with one attached hydrogen (secondary N) is 2. The molecule has 90 valence electrons. The van der Waals surface area contributed by atoms with E-state index in [9.17, 15) is 4.79 Å². The Kier molecular flexibility index (Phi) is 6.75. The summed E-state index contributed by atoms with van der Waals surface area (Å²) in [6.07, 6.45) is 1.07. The predicted octanol–water partition coefficient (Wildman–Crippen LogP) is -0.430. The van der Waals surface area contributed by atoms with Gasteiger partial charge in [0, 0.05) is 0 Å². The molecule has 16 heavy (non-hydrogen) atoms. The Bertz CT molecular complexity index is 329. The van der Waals surface area contributed by atoms with Crippen molar-refractivity contribution in [2.45, 2.75) is 6.42 Å². The molecule has 0 aliphatic heterocycles. The van der Waals surface area contributed by atoms with Crippen LogP contribution in [0.3, 0.4) is 0 Å². The van der Waals surface area contributed by atoms with E-state index in [1.807, 2.05) is 19.2 Å². The maximum atomic E-state index is 11.5. The molecular formula is C11H15ClIN2O-. The predicted molar refractivity (Wildman–Crippen MR) is 63.9 cm³/mol. The molecule has 1 aromatic carbocycles. The van der Waals surface area contributed by atoms with E-state index in [1.165, 1.54) is 0 Å². The Labute approximate surface area is 111 Å². The topological polar surface area (TPSA) is 41.1 Å². The minimum absolute atomic E-state index is 0.164. The molecule has 0 aromatic heterocycles. The summed E-state index contributed by atoms with van der Waals surface area (Å²) in [6, 6.07) is 7.18. The summed E-state index contributed by atoms with van der Waals surface area (Å²) in [5, 5.41) is 6.63. The SMILES string of the molecule is CNCCC[I-]C(=O)Nc1ccc(Cl)cc1. The van der Waals surface area contributed by atoms with Crippen molar-refractivity contribution < 1.29 is 26.0 Å². The van der Waals surface area contributed by atoms with Gasteiger partial charge in [-0.3, -0.25) is 0 Å². The zero-order valence-electron chi connectivity index (χ0n) is 9.09. The first-order valence-electron chi connectivity index (χ1n) is 5.02. The van der Waals surface area contributed by atoms with E-state index < -0.39 is 21.2 Å². The number of benzene rings is 1. The van der Waals surface area contributed by atoms with Gasteiger partial charge in [-0.15, -0.1) is 0 Å². The molecule has 2 N–H and O–H groups in total. The molecule has 0 spiro atoms. The molecule has 0 unspecified atom stereocenters. The second-order valence-corrected chi connectivity index (χ2v) is 6.44. The van der Waals surface area contributed by atoms with Crippen molar-refractivity contribution in [2.24, 2.45) is 0 Å². The summed E-state index contributed by atoms with van der Waals surface area (Å²) in [6.45, 7) is 0.980. The fourth-order valence-electron chi connectivity index (χ4n) is 1.08. The fraction of sp³-hybridized carbons (Fsp3) is 0.364. The van der Waals surface area contributed by atoms with Crippen LogP contribution in [0.25, 0.3) is 0 Å². The monoisotopic (exact) mass is 353 g/mol. The van der Waals surface area contributed by atoms with Gasteiger partial charge in [0.1, 0.15) is 0 Å². The first-order chi connectivity index (χ1) is 7.72. The van der Waals surface area contributed by atoms with Gasteiger partial charge in [-0.25, -0.2) is 0 Å². The number of rotatable bonds is 6. The molecule has 0 bridgehead atoms. The van der Waals surface area contributed by atoms with E-state index in [0.717, 1.165) is 23.1 Å². The van der Waals surface area contributed by atoms with Crippen LogP contribution < -0.4 is 31.8 Å². The van der Waals surface area contributed by atoms with Crippen LogP contribution in [0.2, 0.25) is 5.02 Å². The average Bonchev–Trinajstić information content (AvgIpc) is 2.28. The van der Waals surface area contributed by atoms with Crippen LogP contribution in [0.15, 0.2) is 24.3 Å². The number of hydrogen-bond acceptors (Lipinski definition) is 2. The summed E-state index contributed by atoms with van der Waals surface area (Å²) in [5.74, 6) is 0. The second-order valence-electron chi connectivity index (χ2n) is 3.19. The number of alkyl halides is 1. The van der Waals surface area contributed by atoms with E-state index in [0.29, 0.717) is 5.02 Å². The van der Waals surface area contributed by atoms with Crippen molar-refractivity contribution in [1.29, 1.82) is 0 Å². The van der Waals surface area contributed by atoms with Crippen LogP contribution in [0.1, 0.15) is 6.42 Å². The van der Waals surface area contributed by atoms with Crippen LogP contribution in [0.4, 0.5) is 10.5 Å². The third-order valence-electron chi connectivity index (χ3n) is 1.86. The van der Waals surface area contributed by atoms with Crippen LogP contribution in [-0.2, 0) is 0 Å². The van der Waals surface area contributed by atoms with Crippen LogP contribution in [-0.4, -0.2) is 21.9 Å². The molecule has 0 saturated heterocycles. The molecule has 1 amide bonds. The Balaban J connectivity index is 2.26. The van der Waals surface area contributed by atoms with E-state index in [2.05, 4.69) is 10.6 Å². The van der Waals surface area contributed by atoms with Crippen LogP contribution >= 0.6 is 11.6 Å². The summed E-state index contributed by atoms with van der Waals surface area (Å²) < 4.78 is 1.18. The van der Waals surface area contributed by atoms with E-state index in [1.54, 1.807) is 12.1 Å². The second kappa shape index (κ2) is 7.86. The average molecular weight is 354 g/mol. The maximum absolute atomic E-state index is 11.5. The van der Waals surface area contributed by atoms with E-state index in [4.69, 9.17) is 11.6 Å². The van der Waals surface area contributed by atoms with Gasteiger partial charge in [-0.1, -0.05) is 0 Å².